The largest absolute Gasteiger partial charge is 0.512 e. The fourth-order valence-electron chi connectivity index (χ4n) is 4.36. The lowest BCUT2D eigenvalue weighted by Crippen LogP contribution is -2.21. The van der Waals surface area contributed by atoms with Gasteiger partial charge in [0.15, 0.2) is 5.78 Å². The summed E-state index contributed by atoms with van der Waals surface area (Å²) in [7, 11) is 0. The predicted octanol–water partition coefficient (Wildman–Crippen LogP) is 7.11. The Balaban J connectivity index is 1.77. The van der Waals surface area contributed by atoms with Gasteiger partial charge in [-0.05, 0) is 78.7 Å². The van der Waals surface area contributed by atoms with E-state index >= 15 is 0 Å². The van der Waals surface area contributed by atoms with Crippen molar-refractivity contribution in [1.82, 2.24) is 0 Å². The van der Waals surface area contributed by atoms with Crippen molar-refractivity contribution >= 4 is 23.1 Å². The van der Waals surface area contributed by atoms with E-state index in [0.717, 1.165) is 37.0 Å². The Labute approximate surface area is 185 Å². The van der Waals surface area contributed by atoms with Crippen LogP contribution in [0.1, 0.15) is 67.9 Å². The van der Waals surface area contributed by atoms with Gasteiger partial charge in [0.2, 0.25) is 0 Å². The van der Waals surface area contributed by atoms with Crippen LogP contribution in [0.5, 0.6) is 0 Å². The van der Waals surface area contributed by atoms with Gasteiger partial charge in [0.05, 0.1) is 5.57 Å². The fourth-order valence-corrected chi connectivity index (χ4v) is 5.38. The summed E-state index contributed by atoms with van der Waals surface area (Å²) in [5, 5.41) is 10.9. The first-order valence-electron chi connectivity index (χ1n) is 11.3. The molecule has 0 heterocycles. The van der Waals surface area contributed by atoms with Crippen molar-refractivity contribution in [3.05, 3.63) is 70.0 Å². The molecule has 1 aliphatic rings. The molecule has 0 saturated carbocycles. The number of ketones is 1. The number of thioether (sulfide) groups is 1. The molecule has 2 aromatic carbocycles. The van der Waals surface area contributed by atoms with Crippen LogP contribution in [0.15, 0.2) is 47.1 Å². The third kappa shape index (κ3) is 5.18. The Kier molecular flexibility index (Phi) is 7.82. The number of aliphatic hydroxyl groups excluding tert-OH is 1. The lowest BCUT2D eigenvalue weighted by atomic mass is 9.79. The minimum Gasteiger partial charge on any atom is -0.512 e. The molecule has 0 spiro atoms. The van der Waals surface area contributed by atoms with Crippen molar-refractivity contribution in [3.8, 4) is 0 Å². The summed E-state index contributed by atoms with van der Waals surface area (Å²) >= 11 is 1.83. The summed E-state index contributed by atoms with van der Waals surface area (Å²) < 4.78 is 0. The van der Waals surface area contributed by atoms with E-state index in [1.807, 2.05) is 11.8 Å². The van der Waals surface area contributed by atoms with Crippen molar-refractivity contribution < 1.29 is 9.90 Å². The number of hydrogen-bond acceptors (Lipinski definition) is 3. The molecule has 1 aliphatic carbocycles. The minimum atomic E-state index is 0.109. The number of carbonyl (C=O) groups excluding carboxylic acids is 1. The third-order valence-corrected chi connectivity index (χ3v) is 7.17. The first-order chi connectivity index (χ1) is 14.5. The lowest BCUT2D eigenvalue weighted by molar-refractivity contribution is -0.115. The number of carbonyl (C=O) groups is 1. The van der Waals surface area contributed by atoms with Gasteiger partial charge in [-0.1, -0.05) is 50.6 Å². The molecule has 2 nitrogen and oxygen atoms in total. The molecule has 3 rings (SSSR count). The van der Waals surface area contributed by atoms with E-state index in [-0.39, 0.29) is 11.7 Å². The van der Waals surface area contributed by atoms with Crippen LogP contribution in [0.3, 0.4) is 0 Å². The fraction of sp³-hybridized carbons (Fsp3) is 0.444. The molecule has 2 aromatic rings. The van der Waals surface area contributed by atoms with Crippen LogP contribution in [0.4, 0.5) is 0 Å². The van der Waals surface area contributed by atoms with Crippen molar-refractivity contribution in [3.63, 3.8) is 0 Å². The Morgan fingerprint density at radius 2 is 1.60 bits per heavy atom. The number of allylic oxidation sites excluding steroid dienone is 2. The van der Waals surface area contributed by atoms with Gasteiger partial charge in [-0.15, -0.1) is 11.8 Å². The monoisotopic (exact) mass is 422 g/mol. The van der Waals surface area contributed by atoms with Crippen LogP contribution in [-0.4, -0.2) is 16.6 Å². The second-order valence-electron chi connectivity index (χ2n) is 8.32. The highest BCUT2D eigenvalue weighted by Crippen LogP contribution is 2.38. The van der Waals surface area contributed by atoms with E-state index in [4.69, 9.17) is 0 Å². The van der Waals surface area contributed by atoms with E-state index in [1.165, 1.54) is 27.1 Å². The van der Waals surface area contributed by atoms with E-state index in [1.54, 1.807) is 0 Å². The zero-order valence-corrected chi connectivity index (χ0v) is 19.6. The smallest absolute Gasteiger partial charge is 0.167 e. The number of aryl methyl sites for hydroxylation is 4. The number of aliphatic hydroxyl groups is 1. The topological polar surface area (TPSA) is 37.3 Å². The van der Waals surface area contributed by atoms with Gasteiger partial charge < -0.3 is 5.11 Å². The summed E-state index contributed by atoms with van der Waals surface area (Å²) in [4.78, 5) is 14.4. The highest BCUT2D eigenvalue weighted by atomic mass is 32.2. The van der Waals surface area contributed by atoms with Gasteiger partial charge in [-0.3, -0.25) is 4.79 Å². The highest BCUT2D eigenvalue weighted by Gasteiger charge is 2.30. The lowest BCUT2D eigenvalue weighted by Gasteiger charge is -2.26. The zero-order chi connectivity index (χ0) is 21.7. The molecule has 160 valence electrons. The Hall–Kier alpha value is -2.00. The second-order valence-corrected chi connectivity index (χ2v) is 9.49. The normalized spacial score (nSPS) is 16.9. The van der Waals surface area contributed by atoms with Crippen LogP contribution in [0.2, 0.25) is 0 Å². The molecule has 0 fully saturated rings. The predicted molar refractivity (Wildman–Crippen MR) is 128 cm³/mol. The molecule has 3 heteroatoms. The maximum atomic E-state index is 13.2. The zero-order valence-electron chi connectivity index (χ0n) is 18.8. The van der Waals surface area contributed by atoms with Crippen LogP contribution in [0.25, 0.3) is 5.57 Å². The molecule has 30 heavy (non-hydrogen) atoms. The third-order valence-electron chi connectivity index (χ3n) is 6.12. The molecule has 0 radical (unpaired) electrons. The van der Waals surface area contributed by atoms with E-state index in [9.17, 15) is 9.90 Å². The Morgan fingerprint density at radius 1 is 0.967 bits per heavy atom. The Bertz CT molecular complexity index is 899. The molecular weight excluding hydrogens is 388 g/mol. The summed E-state index contributed by atoms with van der Waals surface area (Å²) in [6.45, 7) is 8.52. The van der Waals surface area contributed by atoms with Crippen molar-refractivity contribution in [2.45, 2.75) is 71.1 Å². The Morgan fingerprint density at radius 3 is 2.13 bits per heavy atom. The molecule has 1 N–H and O–H groups in total. The number of benzene rings is 2. The van der Waals surface area contributed by atoms with Crippen molar-refractivity contribution in [2.75, 3.05) is 5.75 Å². The minimum absolute atomic E-state index is 0.109. The molecular formula is C27H34O2S. The van der Waals surface area contributed by atoms with Crippen molar-refractivity contribution in [1.29, 1.82) is 0 Å². The molecule has 0 aromatic heterocycles. The van der Waals surface area contributed by atoms with Crippen LogP contribution in [-0.2, 0) is 24.1 Å². The quantitative estimate of drug-likeness (QED) is 0.460. The SMILES string of the molecule is CCc1cc(CC)c(C2=C(O)CC(CCSc3ccc(C)cc3)CC2=O)c(CC)c1. The number of rotatable bonds is 8. The first kappa shape index (κ1) is 22.7. The van der Waals surface area contributed by atoms with E-state index < -0.39 is 0 Å². The van der Waals surface area contributed by atoms with Gasteiger partial charge in [-0.25, -0.2) is 0 Å². The summed E-state index contributed by atoms with van der Waals surface area (Å²) in [5.41, 5.74) is 6.55. The molecule has 0 amide bonds. The van der Waals surface area contributed by atoms with E-state index in [0.29, 0.717) is 24.2 Å². The average Bonchev–Trinajstić information content (AvgIpc) is 2.74. The number of Topliss-reactive ketones (excluding diaryl/α,β-unsaturated/α-hetero) is 1. The summed E-state index contributed by atoms with van der Waals surface area (Å²) in [5.74, 6) is 1.60. The summed E-state index contributed by atoms with van der Waals surface area (Å²) in [6, 6.07) is 13.0. The maximum absolute atomic E-state index is 13.2. The molecule has 0 aliphatic heterocycles. The second kappa shape index (κ2) is 10.3. The van der Waals surface area contributed by atoms with Gasteiger partial charge in [0, 0.05) is 17.7 Å². The van der Waals surface area contributed by atoms with Crippen molar-refractivity contribution in [2.24, 2.45) is 5.92 Å². The van der Waals surface area contributed by atoms with Crippen LogP contribution < -0.4 is 0 Å². The summed E-state index contributed by atoms with van der Waals surface area (Å²) in [6.07, 6.45) is 4.82. The van der Waals surface area contributed by atoms with Crippen LogP contribution >= 0.6 is 11.8 Å². The highest BCUT2D eigenvalue weighted by molar-refractivity contribution is 7.99. The molecule has 1 atom stereocenters. The van der Waals surface area contributed by atoms with Gasteiger partial charge >= 0.3 is 0 Å². The average molecular weight is 423 g/mol. The molecule has 1 unspecified atom stereocenters. The van der Waals surface area contributed by atoms with Gasteiger partial charge in [0.25, 0.3) is 0 Å². The number of hydrogen-bond donors (Lipinski definition) is 1. The van der Waals surface area contributed by atoms with Crippen LogP contribution in [0, 0.1) is 12.8 Å². The van der Waals surface area contributed by atoms with Gasteiger partial charge in [0.1, 0.15) is 5.76 Å². The molecule has 0 saturated heterocycles. The first-order valence-corrected chi connectivity index (χ1v) is 12.2. The van der Waals surface area contributed by atoms with E-state index in [2.05, 4.69) is 64.1 Å². The van der Waals surface area contributed by atoms with Gasteiger partial charge in [-0.2, -0.15) is 0 Å². The maximum Gasteiger partial charge on any atom is 0.167 e. The molecule has 0 bridgehead atoms. The standard InChI is InChI=1S/C27H34O2S/c1-5-19-14-21(6-2)26(22(7-3)15-19)27-24(28)16-20(17-25(27)29)12-13-30-23-10-8-18(4)9-11-23/h8-11,14-15,20,28H,5-7,12-13,16-17H2,1-4H3.